The molecule has 0 saturated heterocycles. The van der Waals surface area contributed by atoms with Crippen LogP contribution in [0.2, 0.25) is 0 Å². The minimum Gasteiger partial charge on any atom is -0.496 e. The zero-order chi connectivity index (χ0) is 19.9. The van der Waals surface area contributed by atoms with Crippen LogP contribution in [0.25, 0.3) is 0 Å². The molecule has 0 bridgehead atoms. The minimum absolute atomic E-state index is 0.107. The summed E-state index contributed by atoms with van der Waals surface area (Å²) in [6, 6.07) is 22.9. The molecule has 1 atom stereocenters. The second-order valence-corrected chi connectivity index (χ2v) is 6.17. The van der Waals surface area contributed by atoms with Crippen LogP contribution < -0.4 is 14.8 Å². The predicted octanol–water partition coefficient (Wildman–Crippen LogP) is 4.60. The van der Waals surface area contributed by atoms with E-state index in [2.05, 4.69) is 5.32 Å². The normalized spacial score (nSPS) is 11.4. The number of carbonyl (C=O) groups excluding carboxylic acids is 2. The Hall–Kier alpha value is -3.60. The first-order chi connectivity index (χ1) is 13.6. The lowest BCUT2D eigenvalue weighted by molar-refractivity contribution is 0.0818. The molecular formula is C23H21NO4. The van der Waals surface area contributed by atoms with Gasteiger partial charge in [0.2, 0.25) is 5.78 Å². The molecule has 0 heterocycles. The molecule has 0 aliphatic carbocycles. The van der Waals surface area contributed by atoms with Gasteiger partial charge in [-0.25, -0.2) is 0 Å². The van der Waals surface area contributed by atoms with Crippen LogP contribution in [0.1, 0.15) is 27.6 Å². The maximum absolute atomic E-state index is 12.5. The van der Waals surface area contributed by atoms with Crippen LogP contribution in [-0.4, -0.2) is 24.9 Å². The molecule has 5 heteroatoms. The second-order valence-electron chi connectivity index (χ2n) is 6.17. The summed E-state index contributed by atoms with van der Waals surface area (Å²) in [6.07, 6.45) is -0.650. The maximum atomic E-state index is 12.5. The highest BCUT2D eigenvalue weighted by atomic mass is 16.5. The number of benzene rings is 3. The van der Waals surface area contributed by atoms with Crippen molar-refractivity contribution in [2.45, 2.75) is 13.0 Å². The van der Waals surface area contributed by atoms with Crippen LogP contribution in [0.4, 0.5) is 5.69 Å². The molecule has 0 aliphatic rings. The number of hydrogen-bond acceptors (Lipinski definition) is 4. The summed E-state index contributed by atoms with van der Waals surface area (Å²) in [4.78, 5) is 25.0. The summed E-state index contributed by atoms with van der Waals surface area (Å²) in [5.41, 5.74) is 1.59. The van der Waals surface area contributed by atoms with Gasteiger partial charge >= 0.3 is 0 Å². The number of para-hydroxylation sites is 1. The standard InChI is InChI=1S/C23H21NO4/c1-16(22(25)17-9-4-3-5-10-17)28-19-12-8-11-18(15-19)24-23(26)20-13-6-7-14-21(20)27-2/h3-16H,1-2H3,(H,24,26). The van der Waals surface area contributed by atoms with Crippen molar-refractivity contribution in [2.24, 2.45) is 0 Å². The van der Waals surface area contributed by atoms with Gasteiger partial charge in [0.25, 0.3) is 5.91 Å². The smallest absolute Gasteiger partial charge is 0.259 e. The zero-order valence-electron chi connectivity index (χ0n) is 15.7. The molecule has 0 radical (unpaired) electrons. The zero-order valence-corrected chi connectivity index (χ0v) is 15.7. The summed E-state index contributed by atoms with van der Waals surface area (Å²) >= 11 is 0. The van der Waals surface area contributed by atoms with Crippen molar-refractivity contribution in [3.05, 3.63) is 90.0 Å². The summed E-state index contributed by atoms with van der Waals surface area (Å²) in [5, 5.41) is 2.82. The van der Waals surface area contributed by atoms with Gasteiger partial charge in [-0.15, -0.1) is 0 Å². The fraction of sp³-hybridized carbons (Fsp3) is 0.130. The fourth-order valence-electron chi connectivity index (χ4n) is 2.77. The lowest BCUT2D eigenvalue weighted by Crippen LogP contribution is -2.23. The monoisotopic (exact) mass is 375 g/mol. The fourth-order valence-corrected chi connectivity index (χ4v) is 2.77. The van der Waals surface area contributed by atoms with E-state index >= 15 is 0 Å². The molecule has 3 aromatic rings. The van der Waals surface area contributed by atoms with Crippen molar-refractivity contribution in [1.29, 1.82) is 0 Å². The highest BCUT2D eigenvalue weighted by molar-refractivity contribution is 6.06. The molecule has 1 N–H and O–H groups in total. The Morgan fingerprint density at radius 2 is 1.61 bits per heavy atom. The van der Waals surface area contributed by atoms with E-state index in [4.69, 9.17) is 9.47 Å². The molecule has 0 aromatic heterocycles. The SMILES string of the molecule is COc1ccccc1C(=O)Nc1cccc(OC(C)C(=O)c2ccccc2)c1. The summed E-state index contributed by atoms with van der Waals surface area (Å²) < 4.78 is 11.0. The molecule has 0 aliphatic heterocycles. The number of carbonyl (C=O) groups is 2. The molecular weight excluding hydrogens is 354 g/mol. The Morgan fingerprint density at radius 1 is 0.893 bits per heavy atom. The van der Waals surface area contributed by atoms with Gasteiger partial charge in [-0.2, -0.15) is 0 Å². The third kappa shape index (κ3) is 4.57. The number of hydrogen-bond donors (Lipinski definition) is 1. The van der Waals surface area contributed by atoms with E-state index in [1.54, 1.807) is 67.6 Å². The third-order valence-corrected chi connectivity index (χ3v) is 4.18. The summed E-state index contributed by atoms with van der Waals surface area (Å²) in [5.74, 6) is 0.594. The van der Waals surface area contributed by atoms with Crippen LogP contribution in [0.15, 0.2) is 78.9 Å². The van der Waals surface area contributed by atoms with Gasteiger partial charge in [-0.1, -0.05) is 48.5 Å². The number of rotatable bonds is 7. The van der Waals surface area contributed by atoms with Crippen LogP contribution in [0.5, 0.6) is 11.5 Å². The Bertz CT molecular complexity index is 969. The van der Waals surface area contributed by atoms with Crippen LogP contribution in [0, 0.1) is 0 Å². The Morgan fingerprint density at radius 3 is 2.36 bits per heavy atom. The highest BCUT2D eigenvalue weighted by Gasteiger charge is 2.17. The van der Waals surface area contributed by atoms with E-state index in [0.717, 1.165) is 0 Å². The number of Topliss-reactive ketones (excluding diaryl/α,β-unsaturated/α-hetero) is 1. The summed E-state index contributed by atoms with van der Waals surface area (Å²) in [7, 11) is 1.52. The molecule has 3 rings (SSSR count). The molecule has 1 unspecified atom stereocenters. The van der Waals surface area contributed by atoms with E-state index < -0.39 is 6.10 Å². The lowest BCUT2D eigenvalue weighted by Gasteiger charge is -2.15. The first-order valence-corrected chi connectivity index (χ1v) is 8.89. The maximum Gasteiger partial charge on any atom is 0.259 e. The van der Waals surface area contributed by atoms with Crippen molar-refractivity contribution in [2.75, 3.05) is 12.4 Å². The first kappa shape index (κ1) is 19.2. The average Bonchev–Trinajstić information content (AvgIpc) is 2.74. The quantitative estimate of drug-likeness (QED) is 0.613. The van der Waals surface area contributed by atoms with E-state index in [-0.39, 0.29) is 11.7 Å². The molecule has 0 spiro atoms. The first-order valence-electron chi connectivity index (χ1n) is 8.89. The van der Waals surface area contributed by atoms with Crippen molar-refractivity contribution in [3.8, 4) is 11.5 Å². The summed E-state index contributed by atoms with van der Waals surface area (Å²) in [6.45, 7) is 1.70. The Labute approximate surface area is 163 Å². The van der Waals surface area contributed by atoms with Gasteiger partial charge in [0.1, 0.15) is 11.5 Å². The van der Waals surface area contributed by atoms with E-state index in [1.807, 2.05) is 18.2 Å². The van der Waals surface area contributed by atoms with E-state index in [1.165, 1.54) is 7.11 Å². The largest absolute Gasteiger partial charge is 0.496 e. The molecule has 0 fully saturated rings. The van der Waals surface area contributed by atoms with E-state index in [9.17, 15) is 9.59 Å². The number of ketones is 1. The van der Waals surface area contributed by atoms with Crippen LogP contribution in [-0.2, 0) is 0 Å². The van der Waals surface area contributed by atoms with Gasteiger partial charge in [0.05, 0.1) is 12.7 Å². The van der Waals surface area contributed by atoms with Crippen molar-refractivity contribution >= 4 is 17.4 Å². The molecule has 1 amide bonds. The number of ether oxygens (including phenoxy) is 2. The van der Waals surface area contributed by atoms with Crippen molar-refractivity contribution in [1.82, 2.24) is 0 Å². The predicted molar refractivity (Wildman–Crippen MR) is 108 cm³/mol. The molecule has 142 valence electrons. The average molecular weight is 375 g/mol. The van der Waals surface area contributed by atoms with Gasteiger partial charge in [0.15, 0.2) is 6.10 Å². The highest BCUT2D eigenvalue weighted by Crippen LogP contribution is 2.22. The van der Waals surface area contributed by atoms with Crippen molar-refractivity contribution < 1.29 is 19.1 Å². The van der Waals surface area contributed by atoms with Gasteiger partial charge < -0.3 is 14.8 Å². The molecule has 5 nitrogen and oxygen atoms in total. The van der Waals surface area contributed by atoms with Gasteiger partial charge in [-0.3, -0.25) is 9.59 Å². The number of methoxy groups -OCH3 is 1. The lowest BCUT2D eigenvalue weighted by atomic mass is 10.1. The van der Waals surface area contributed by atoms with Crippen LogP contribution in [0.3, 0.4) is 0 Å². The minimum atomic E-state index is -0.650. The van der Waals surface area contributed by atoms with E-state index in [0.29, 0.717) is 28.3 Å². The number of anilines is 1. The van der Waals surface area contributed by atoms with Crippen molar-refractivity contribution in [3.63, 3.8) is 0 Å². The van der Waals surface area contributed by atoms with Gasteiger partial charge in [0, 0.05) is 17.3 Å². The molecule has 28 heavy (non-hydrogen) atoms. The number of nitrogens with one attached hydrogen (secondary N) is 1. The Kier molecular flexibility index (Phi) is 6.07. The number of amides is 1. The Balaban J connectivity index is 1.70. The molecule has 0 saturated carbocycles. The topological polar surface area (TPSA) is 64.6 Å². The molecule has 3 aromatic carbocycles. The second kappa shape index (κ2) is 8.86. The van der Waals surface area contributed by atoms with Gasteiger partial charge in [-0.05, 0) is 31.2 Å². The third-order valence-electron chi connectivity index (χ3n) is 4.18. The van der Waals surface area contributed by atoms with Crippen LogP contribution >= 0.6 is 0 Å².